The van der Waals surface area contributed by atoms with Crippen molar-refractivity contribution in [2.45, 2.75) is 19.1 Å². The van der Waals surface area contributed by atoms with Crippen molar-refractivity contribution in [3.63, 3.8) is 0 Å². The maximum atomic E-state index is 13.6. The summed E-state index contributed by atoms with van der Waals surface area (Å²) in [6.45, 7) is 4.99. The van der Waals surface area contributed by atoms with Crippen LogP contribution in [0.3, 0.4) is 0 Å². The summed E-state index contributed by atoms with van der Waals surface area (Å²) in [6.07, 6.45) is -0.730. The zero-order chi connectivity index (χ0) is 21.5. The van der Waals surface area contributed by atoms with Gasteiger partial charge < -0.3 is 15.2 Å². The number of ether oxygens (including phenoxy) is 1. The van der Waals surface area contributed by atoms with E-state index < -0.39 is 11.9 Å². The van der Waals surface area contributed by atoms with Crippen LogP contribution in [0.5, 0.6) is 5.75 Å². The van der Waals surface area contributed by atoms with Crippen LogP contribution in [0.4, 0.5) is 10.1 Å². The molecular formula is C22H27ClFN3O3. The number of anilines is 1. The van der Waals surface area contributed by atoms with Crippen LogP contribution in [0.15, 0.2) is 48.5 Å². The molecule has 2 aromatic carbocycles. The summed E-state index contributed by atoms with van der Waals surface area (Å²) in [5.74, 6) is -0.374. The maximum Gasteiger partial charge on any atom is 0.238 e. The Hall–Kier alpha value is -2.19. The van der Waals surface area contributed by atoms with Gasteiger partial charge in [-0.3, -0.25) is 14.6 Å². The highest BCUT2D eigenvalue weighted by Gasteiger charge is 2.26. The molecule has 162 valence electrons. The lowest BCUT2D eigenvalue weighted by atomic mass is 10.1. The lowest BCUT2D eigenvalue weighted by molar-refractivity contribution is -0.118. The molecule has 0 unspecified atom stereocenters. The zero-order valence-electron chi connectivity index (χ0n) is 16.9. The summed E-state index contributed by atoms with van der Waals surface area (Å²) in [5.41, 5.74) is 0.717. The minimum atomic E-state index is -0.730. The van der Waals surface area contributed by atoms with E-state index in [0.29, 0.717) is 23.8 Å². The number of rotatable bonds is 8. The van der Waals surface area contributed by atoms with Crippen LogP contribution in [-0.4, -0.2) is 72.3 Å². The summed E-state index contributed by atoms with van der Waals surface area (Å²) < 4.78 is 19.0. The van der Waals surface area contributed by atoms with Crippen LogP contribution in [0.2, 0.25) is 5.02 Å². The van der Waals surface area contributed by atoms with Gasteiger partial charge in [0.1, 0.15) is 12.7 Å². The second kappa shape index (κ2) is 10.7. The van der Waals surface area contributed by atoms with Crippen molar-refractivity contribution in [2.75, 3.05) is 44.6 Å². The highest BCUT2D eigenvalue weighted by molar-refractivity contribution is 6.30. The number of piperazine rings is 1. The van der Waals surface area contributed by atoms with Crippen molar-refractivity contribution < 1.29 is 19.0 Å². The normalized spacial score (nSPS) is 18.7. The monoisotopic (exact) mass is 435 g/mol. The first-order valence-electron chi connectivity index (χ1n) is 9.98. The second-order valence-corrected chi connectivity index (χ2v) is 7.97. The Morgan fingerprint density at radius 3 is 2.70 bits per heavy atom. The highest BCUT2D eigenvalue weighted by Crippen LogP contribution is 2.17. The number of nitrogens with zero attached hydrogens (tertiary/aromatic N) is 2. The molecule has 1 aliphatic heterocycles. The Kier molecular flexibility index (Phi) is 8.04. The SMILES string of the molecule is C[C@H]1CN(CC(=O)Nc2ccc(Cl)cc2)CCN1C[C@H](O)COc1ccccc1F. The minimum absolute atomic E-state index is 0.0252. The van der Waals surface area contributed by atoms with Crippen molar-refractivity contribution in [1.82, 2.24) is 9.80 Å². The Labute approximate surface area is 181 Å². The van der Waals surface area contributed by atoms with Gasteiger partial charge in [-0.25, -0.2) is 4.39 Å². The number of hydrogen-bond acceptors (Lipinski definition) is 5. The standard InChI is InChI=1S/C22H27ClFN3O3/c1-16-12-26(14-22(29)25-18-8-6-17(23)7-9-18)10-11-27(16)13-19(28)15-30-21-5-3-2-4-20(21)24/h2-9,16,19,28H,10-15H2,1H3,(H,25,29)/t16-,19-/m0/s1. The number of hydrogen-bond donors (Lipinski definition) is 2. The predicted octanol–water partition coefficient (Wildman–Crippen LogP) is 2.86. The van der Waals surface area contributed by atoms with Crippen LogP contribution < -0.4 is 10.1 Å². The van der Waals surface area contributed by atoms with Crippen molar-refractivity contribution in [1.29, 1.82) is 0 Å². The number of halogens is 2. The molecule has 0 bridgehead atoms. The molecule has 1 saturated heterocycles. The van der Waals surface area contributed by atoms with Gasteiger partial charge in [0.05, 0.1) is 6.54 Å². The maximum absolute atomic E-state index is 13.6. The van der Waals surface area contributed by atoms with E-state index in [4.69, 9.17) is 16.3 Å². The number of β-amino-alcohol motifs (C(OH)–C–C–N with tert-alkyl or cyclic N) is 1. The molecule has 30 heavy (non-hydrogen) atoms. The average molecular weight is 436 g/mol. The third-order valence-corrected chi connectivity index (χ3v) is 5.31. The van der Waals surface area contributed by atoms with Crippen LogP contribution >= 0.6 is 11.6 Å². The molecular weight excluding hydrogens is 409 g/mol. The lowest BCUT2D eigenvalue weighted by Crippen LogP contribution is -2.55. The van der Waals surface area contributed by atoms with Crippen molar-refractivity contribution in [3.05, 3.63) is 59.4 Å². The third kappa shape index (κ3) is 6.67. The summed E-state index contributed by atoms with van der Waals surface area (Å²) in [7, 11) is 0. The molecule has 6 nitrogen and oxygen atoms in total. The first-order valence-corrected chi connectivity index (χ1v) is 10.4. The smallest absolute Gasteiger partial charge is 0.238 e. The molecule has 0 radical (unpaired) electrons. The number of aliphatic hydroxyl groups excluding tert-OH is 1. The highest BCUT2D eigenvalue weighted by atomic mass is 35.5. The number of carbonyl (C=O) groups is 1. The van der Waals surface area contributed by atoms with Crippen LogP contribution in [0.25, 0.3) is 0 Å². The fourth-order valence-corrected chi connectivity index (χ4v) is 3.62. The lowest BCUT2D eigenvalue weighted by Gasteiger charge is -2.40. The molecule has 1 fully saturated rings. The van der Waals surface area contributed by atoms with E-state index in [-0.39, 0.29) is 24.3 Å². The Balaban J connectivity index is 1.40. The van der Waals surface area contributed by atoms with Crippen molar-refractivity contribution >= 4 is 23.2 Å². The van der Waals surface area contributed by atoms with Gasteiger partial charge >= 0.3 is 0 Å². The van der Waals surface area contributed by atoms with E-state index in [1.54, 1.807) is 42.5 Å². The molecule has 1 aliphatic rings. The fraction of sp³-hybridized carbons (Fsp3) is 0.409. The summed E-state index contributed by atoms with van der Waals surface area (Å²) >= 11 is 5.86. The third-order valence-electron chi connectivity index (χ3n) is 5.06. The molecule has 0 aliphatic carbocycles. The Bertz CT molecular complexity index is 837. The molecule has 2 atom stereocenters. The van der Waals surface area contributed by atoms with Gasteiger partial charge in [-0.1, -0.05) is 23.7 Å². The number of para-hydroxylation sites is 1. The van der Waals surface area contributed by atoms with Crippen LogP contribution in [-0.2, 0) is 4.79 Å². The Morgan fingerprint density at radius 2 is 2.00 bits per heavy atom. The molecule has 2 aromatic rings. The van der Waals surface area contributed by atoms with Gasteiger partial charge in [0.25, 0.3) is 0 Å². The second-order valence-electron chi connectivity index (χ2n) is 7.53. The molecule has 8 heteroatoms. The number of benzene rings is 2. The van der Waals surface area contributed by atoms with E-state index in [9.17, 15) is 14.3 Å². The molecule has 1 amide bonds. The molecule has 0 aromatic heterocycles. The van der Waals surface area contributed by atoms with E-state index in [1.807, 2.05) is 0 Å². The van der Waals surface area contributed by atoms with E-state index >= 15 is 0 Å². The summed E-state index contributed by atoms with van der Waals surface area (Å²) in [5, 5.41) is 13.8. The molecule has 3 rings (SSSR count). The molecule has 2 N–H and O–H groups in total. The number of nitrogens with one attached hydrogen (secondary N) is 1. The Morgan fingerprint density at radius 1 is 1.27 bits per heavy atom. The van der Waals surface area contributed by atoms with Gasteiger partial charge in [0.15, 0.2) is 11.6 Å². The average Bonchev–Trinajstić information content (AvgIpc) is 2.71. The fourth-order valence-electron chi connectivity index (χ4n) is 3.49. The molecule has 0 spiro atoms. The van der Waals surface area contributed by atoms with Gasteiger partial charge in [0, 0.05) is 42.9 Å². The number of carbonyl (C=O) groups excluding carboxylic acids is 1. The number of aliphatic hydroxyl groups is 1. The van der Waals surface area contributed by atoms with Gasteiger partial charge in [-0.2, -0.15) is 0 Å². The number of amides is 1. The first kappa shape index (κ1) is 22.5. The predicted molar refractivity (Wildman–Crippen MR) is 115 cm³/mol. The zero-order valence-corrected chi connectivity index (χ0v) is 17.7. The van der Waals surface area contributed by atoms with Crippen molar-refractivity contribution in [3.8, 4) is 5.75 Å². The topological polar surface area (TPSA) is 65.0 Å². The first-order chi connectivity index (χ1) is 14.4. The molecule has 0 saturated carbocycles. The quantitative estimate of drug-likeness (QED) is 0.667. The van der Waals surface area contributed by atoms with Crippen LogP contribution in [0.1, 0.15) is 6.92 Å². The van der Waals surface area contributed by atoms with E-state index in [0.717, 1.165) is 19.6 Å². The largest absolute Gasteiger partial charge is 0.488 e. The van der Waals surface area contributed by atoms with Gasteiger partial charge in [-0.15, -0.1) is 0 Å². The van der Waals surface area contributed by atoms with Crippen molar-refractivity contribution in [2.24, 2.45) is 0 Å². The van der Waals surface area contributed by atoms with Gasteiger partial charge in [0.2, 0.25) is 5.91 Å². The van der Waals surface area contributed by atoms with Crippen LogP contribution in [0, 0.1) is 5.82 Å². The van der Waals surface area contributed by atoms with E-state index in [1.165, 1.54) is 6.07 Å². The molecule has 1 heterocycles. The summed E-state index contributed by atoms with van der Waals surface area (Å²) in [6, 6.07) is 13.3. The summed E-state index contributed by atoms with van der Waals surface area (Å²) in [4.78, 5) is 16.5. The van der Waals surface area contributed by atoms with Gasteiger partial charge in [-0.05, 0) is 43.3 Å². The minimum Gasteiger partial charge on any atom is -0.488 e. The van der Waals surface area contributed by atoms with E-state index in [2.05, 4.69) is 22.0 Å².